The fraction of sp³-hybridized carbons (Fsp3) is 0.448. The number of carbonyl (C=O) groups is 8. The first-order valence-electron chi connectivity index (χ1n) is 26.6. The molecule has 0 spiro atoms. The zero-order chi connectivity index (χ0) is 57.5. The number of likely N-dealkylation sites (tertiary alicyclic amines) is 1. The van der Waals surface area contributed by atoms with Crippen LogP contribution >= 0.6 is 0 Å². The van der Waals surface area contributed by atoms with Gasteiger partial charge in [-0.3, -0.25) is 38.9 Å². The molecule has 7 rings (SSSR count). The maximum Gasteiger partial charge on any atom is 0.329 e. The third-order valence-electron chi connectivity index (χ3n) is 14.4. The Kier molecular flexibility index (Phi) is 20.2. The molecule has 2 saturated heterocycles. The molecule has 80 heavy (non-hydrogen) atoms. The average molecular weight is 1100 g/mol. The molecule has 1 unspecified atom stereocenters. The lowest BCUT2D eigenvalue weighted by molar-refractivity contribution is -0.164. The maximum absolute atomic E-state index is 14.1. The van der Waals surface area contributed by atoms with Gasteiger partial charge in [0.15, 0.2) is 36.2 Å². The Morgan fingerprint density at radius 3 is 2.14 bits per heavy atom. The first kappa shape index (κ1) is 59.1. The minimum absolute atomic E-state index is 0.117. The Morgan fingerprint density at radius 1 is 0.775 bits per heavy atom. The molecule has 3 aliphatic heterocycles. The zero-order valence-corrected chi connectivity index (χ0v) is 46.2. The molecule has 4 aromatic rings. The van der Waals surface area contributed by atoms with Gasteiger partial charge in [-0.05, 0) is 98.9 Å². The molecule has 3 heterocycles. The predicted molar refractivity (Wildman–Crippen MR) is 289 cm³/mol. The highest BCUT2D eigenvalue weighted by molar-refractivity contribution is 6.38. The van der Waals surface area contributed by atoms with Crippen molar-refractivity contribution in [1.29, 1.82) is 0 Å². The number of fused-ring (bicyclic) bond motifs is 1. The second-order valence-corrected chi connectivity index (χ2v) is 20.0. The largest absolute Gasteiger partial charge is 0.493 e. The molecular formula is C58H69N7O15. The van der Waals surface area contributed by atoms with E-state index in [1.165, 1.54) is 24.0 Å². The number of nitrogens with one attached hydrogen (secondary N) is 3. The lowest BCUT2D eigenvalue weighted by atomic mass is 9.84. The number of imide groups is 1. The number of methoxy groups -OCH3 is 4. The lowest BCUT2D eigenvalue weighted by Crippen LogP contribution is -2.53. The van der Waals surface area contributed by atoms with E-state index in [2.05, 4.69) is 26.2 Å². The van der Waals surface area contributed by atoms with Crippen molar-refractivity contribution in [3.63, 3.8) is 0 Å². The van der Waals surface area contributed by atoms with Crippen molar-refractivity contribution >= 4 is 58.6 Å². The van der Waals surface area contributed by atoms with E-state index in [1.807, 2.05) is 19.1 Å². The SMILES string of the molecule is CCC(C)(C)C(=O)C(=O)N1CCCC[C@H]1C(=O)O[C@H](CCc1ccc(OC)c(OC)c1)c1cccc(OCC(=O)NCCCNC(=O)COc2c(OC)cc(N=Nc3cccc4c3CN(C3CCC(=O)NC3=O)C4=O)cc2OC)c1. The number of ketones is 1. The van der Waals surface area contributed by atoms with Crippen LogP contribution in [0.25, 0.3) is 0 Å². The molecule has 22 nitrogen and oxygen atoms in total. The predicted octanol–water partition coefficient (Wildman–Crippen LogP) is 6.58. The molecule has 22 heteroatoms. The molecular weight excluding hydrogens is 1030 g/mol. The van der Waals surface area contributed by atoms with Crippen LogP contribution in [0.4, 0.5) is 11.4 Å². The van der Waals surface area contributed by atoms with Crippen LogP contribution in [0.15, 0.2) is 83.0 Å². The highest BCUT2D eigenvalue weighted by atomic mass is 16.6. The van der Waals surface area contributed by atoms with E-state index in [0.29, 0.717) is 90.3 Å². The molecule has 3 atom stereocenters. The van der Waals surface area contributed by atoms with Crippen LogP contribution in [0, 0.1) is 5.41 Å². The van der Waals surface area contributed by atoms with Gasteiger partial charge >= 0.3 is 5.97 Å². The third-order valence-corrected chi connectivity index (χ3v) is 14.4. The summed E-state index contributed by atoms with van der Waals surface area (Å²) in [6, 6.07) is 18.8. The van der Waals surface area contributed by atoms with Crippen molar-refractivity contribution in [2.24, 2.45) is 15.6 Å². The van der Waals surface area contributed by atoms with Gasteiger partial charge in [-0.25, -0.2) is 4.79 Å². The van der Waals surface area contributed by atoms with Crippen molar-refractivity contribution in [2.45, 2.75) is 103 Å². The van der Waals surface area contributed by atoms with Crippen molar-refractivity contribution in [3.05, 3.63) is 95.1 Å². The van der Waals surface area contributed by atoms with Crippen molar-refractivity contribution in [3.8, 4) is 34.5 Å². The van der Waals surface area contributed by atoms with Crippen LogP contribution in [0.1, 0.15) is 105 Å². The summed E-state index contributed by atoms with van der Waals surface area (Å²) in [4.78, 5) is 107. The van der Waals surface area contributed by atoms with E-state index in [9.17, 15) is 38.4 Å². The standard InChI is InChI=1S/C58H69N7O15/c1-8-58(2,3)53(69)56(72)64-27-10-9-18-43(64)57(73)80-44(22-19-35-20-23-45(74-4)46(28-35)75-5)36-14-11-15-38(29-36)78-33-50(67)59-25-13-26-60-51(68)34-79-52-47(76-6)30-37(31-48(52)77-7)62-63-41-17-12-16-39-40(41)32-65(55(39)71)42-21-24-49(66)61-54(42)70/h11-12,14-17,20,23,28-31,42-44H,8-10,13,18-19,21-22,24-27,32-34H2,1-7H3,(H,59,67)(H,60,68)(H,61,66,70)/t42?,43-,44+/m0/s1. The number of carbonyl (C=O) groups excluding carboxylic acids is 8. The number of nitrogens with zero attached hydrogens (tertiary/aromatic N) is 4. The second kappa shape index (κ2) is 27.3. The van der Waals surface area contributed by atoms with E-state index in [-0.39, 0.29) is 74.7 Å². The fourth-order valence-electron chi connectivity index (χ4n) is 9.42. The number of piperidine rings is 2. The van der Waals surface area contributed by atoms with Crippen LogP contribution < -0.4 is 44.4 Å². The molecule has 0 radical (unpaired) electrons. The Hall–Kier alpha value is -8.56. The highest BCUT2D eigenvalue weighted by Crippen LogP contribution is 2.42. The number of benzene rings is 4. The molecule has 3 aliphatic rings. The third kappa shape index (κ3) is 14.6. The number of rotatable bonds is 26. The van der Waals surface area contributed by atoms with Crippen LogP contribution in [0.3, 0.4) is 0 Å². The Morgan fingerprint density at radius 2 is 1.46 bits per heavy atom. The summed E-state index contributed by atoms with van der Waals surface area (Å²) in [6.07, 6.45) is 2.90. The maximum atomic E-state index is 14.1. The number of aryl methyl sites for hydroxylation is 1. The summed E-state index contributed by atoms with van der Waals surface area (Å²) in [5, 5.41) is 16.6. The molecule has 0 saturated carbocycles. The van der Waals surface area contributed by atoms with Crippen LogP contribution in [-0.4, -0.2) is 130 Å². The topological polar surface area (TPSA) is 268 Å². The van der Waals surface area contributed by atoms with Gasteiger partial charge in [0, 0.05) is 61.3 Å². The van der Waals surface area contributed by atoms with Gasteiger partial charge in [-0.15, -0.1) is 0 Å². The van der Waals surface area contributed by atoms with Crippen LogP contribution in [-0.2, 0) is 51.3 Å². The summed E-state index contributed by atoms with van der Waals surface area (Å²) in [5.74, 6) is -1.92. The smallest absolute Gasteiger partial charge is 0.329 e. The summed E-state index contributed by atoms with van der Waals surface area (Å²) < 4.78 is 40.0. The van der Waals surface area contributed by atoms with E-state index in [4.69, 9.17) is 33.2 Å². The second-order valence-electron chi connectivity index (χ2n) is 20.0. The molecule has 426 valence electrons. The lowest BCUT2D eigenvalue weighted by Gasteiger charge is -2.36. The van der Waals surface area contributed by atoms with Gasteiger partial charge in [-0.2, -0.15) is 10.2 Å². The normalized spacial score (nSPS) is 16.5. The number of ether oxygens (including phenoxy) is 7. The first-order chi connectivity index (χ1) is 38.5. The number of azo groups is 1. The van der Waals surface area contributed by atoms with Gasteiger partial charge in [0.25, 0.3) is 23.6 Å². The van der Waals surface area contributed by atoms with E-state index in [1.54, 1.807) is 88.7 Å². The summed E-state index contributed by atoms with van der Waals surface area (Å²) in [7, 11) is 5.92. The average Bonchev–Trinajstić information content (AvgIpc) is 3.91. The molecule has 2 fully saturated rings. The van der Waals surface area contributed by atoms with E-state index >= 15 is 0 Å². The molecule has 6 amide bonds. The number of Topliss-reactive ketones (excluding diaryl/α,β-unsaturated/α-hetero) is 1. The highest BCUT2D eigenvalue weighted by Gasteiger charge is 2.42. The van der Waals surface area contributed by atoms with Gasteiger partial charge in [0.2, 0.25) is 23.3 Å². The molecule has 0 aromatic heterocycles. The fourth-order valence-corrected chi connectivity index (χ4v) is 9.42. The van der Waals surface area contributed by atoms with Crippen molar-refractivity contribution in [2.75, 3.05) is 61.3 Å². The molecule has 3 N–H and O–H groups in total. The minimum Gasteiger partial charge on any atom is -0.493 e. The van der Waals surface area contributed by atoms with E-state index < -0.39 is 65.6 Å². The number of amides is 6. The van der Waals surface area contributed by atoms with Crippen molar-refractivity contribution < 1.29 is 71.5 Å². The summed E-state index contributed by atoms with van der Waals surface area (Å²) >= 11 is 0. The van der Waals surface area contributed by atoms with Gasteiger partial charge in [-0.1, -0.05) is 45.0 Å². The number of esters is 1. The zero-order valence-electron chi connectivity index (χ0n) is 46.2. The van der Waals surface area contributed by atoms with E-state index in [0.717, 1.165) is 5.56 Å². The monoisotopic (exact) mass is 1100 g/mol. The Labute approximate surface area is 464 Å². The number of hydrogen-bond acceptors (Lipinski definition) is 17. The van der Waals surface area contributed by atoms with Gasteiger partial charge in [0.1, 0.15) is 23.9 Å². The Balaban J connectivity index is 0.894. The summed E-state index contributed by atoms with van der Waals surface area (Å²) in [5.41, 5.74) is 2.31. The minimum atomic E-state index is -0.935. The first-order valence-corrected chi connectivity index (χ1v) is 26.6. The van der Waals surface area contributed by atoms with Crippen molar-refractivity contribution in [1.82, 2.24) is 25.8 Å². The van der Waals surface area contributed by atoms with Gasteiger partial charge in [0.05, 0.1) is 39.8 Å². The summed E-state index contributed by atoms with van der Waals surface area (Å²) in [6.45, 7) is 5.38. The van der Waals surface area contributed by atoms with Crippen LogP contribution in [0.2, 0.25) is 0 Å². The quantitative estimate of drug-likeness (QED) is 0.0197. The molecule has 0 aliphatic carbocycles. The Bertz CT molecular complexity index is 2970. The van der Waals surface area contributed by atoms with Gasteiger partial charge < -0.3 is 53.6 Å². The molecule has 4 aromatic carbocycles. The number of hydrogen-bond donors (Lipinski definition) is 3. The van der Waals surface area contributed by atoms with Crippen LogP contribution in [0.5, 0.6) is 34.5 Å². The molecule has 0 bridgehead atoms.